The smallest absolute Gasteiger partial charge is 0.0167 e. The Labute approximate surface area is 88.1 Å². The van der Waals surface area contributed by atoms with Crippen LogP contribution in [0.15, 0.2) is 0 Å². The van der Waals surface area contributed by atoms with Crippen LogP contribution >= 0.6 is 0 Å². The molecule has 1 heterocycles. The first kappa shape index (κ1) is 10.4. The Balaban J connectivity index is 1.85. The first-order valence-corrected chi connectivity index (χ1v) is 6.33. The van der Waals surface area contributed by atoms with Crippen LogP contribution in [0.1, 0.15) is 45.4 Å². The Morgan fingerprint density at radius 1 is 1.07 bits per heavy atom. The number of hydrogen-bond acceptors (Lipinski definition) is 2. The van der Waals surface area contributed by atoms with E-state index in [1.807, 2.05) is 0 Å². The van der Waals surface area contributed by atoms with Gasteiger partial charge in [0.2, 0.25) is 0 Å². The van der Waals surface area contributed by atoms with E-state index in [4.69, 9.17) is 0 Å². The van der Waals surface area contributed by atoms with Gasteiger partial charge in [0.25, 0.3) is 0 Å². The fraction of sp³-hybridized carbons (Fsp3) is 1.00. The van der Waals surface area contributed by atoms with E-state index in [-0.39, 0.29) is 0 Å². The highest BCUT2D eigenvalue weighted by Gasteiger charge is 2.23. The quantitative estimate of drug-likeness (QED) is 0.645. The highest BCUT2D eigenvalue weighted by molar-refractivity contribution is 4.81. The number of nitrogens with one attached hydrogen (secondary N) is 1. The van der Waals surface area contributed by atoms with Crippen LogP contribution in [0.5, 0.6) is 0 Å². The van der Waals surface area contributed by atoms with Gasteiger partial charge in [0.15, 0.2) is 0 Å². The Morgan fingerprint density at radius 3 is 2.43 bits per heavy atom. The first-order valence-electron chi connectivity index (χ1n) is 6.33. The molecular formula is C12H24N2. The zero-order valence-corrected chi connectivity index (χ0v) is 9.47. The summed E-state index contributed by atoms with van der Waals surface area (Å²) >= 11 is 0. The molecule has 1 aliphatic carbocycles. The van der Waals surface area contributed by atoms with Crippen molar-refractivity contribution in [3.63, 3.8) is 0 Å². The summed E-state index contributed by atoms with van der Waals surface area (Å²) in [5.41, 5.74) is 0. The van der Waals surface area contributed by atoms with Gasteiger partial charge in [0.1, 0.15) is 0 Å². The zero-order chi connectivity index (χ0) is 9.80. The number of hydrogen-bond donors (Lipinski definition) is 1. The average molecular weight is 196 g/mol. The van der Waals surface area contributed by atoms with Crippen molar-refractivity contribution in [2.24, 2.45) is 0 Å². The monoisotopic (exact) mass is 196 g/mol. The molecule has 82 valence electrons. The molecule has 0 aromatic carbocycles. The predicted molar refractivity (Wildman–Crippen MR) is 60.5 cm³/mol. The van der Waals surface area contributed by atoms with E-state index in [1.54, 1.807) is 0 Å². The van der Waals surface area contributed by atoms with E-state index < -0.39 is 0 Å². The predicted octanol–water partition coefficient (Wildman–Crippen LogP) is 2.00. The maximum atomic E-state index is 3.52. The molecule has 0 aromatic heterocycles. The van der Waals surface area contributed by atoms with E-state index in [0.717, 1.165) is 6.04 Å². The van der Waals surface area contributed by atoms with Gasteiger partial charge in [-0.2, -0.15) is 0 Å². The highest BCUT2D eigenvalue weighted by atomic mass is 15.2. The van der Waals surface area contributed by atoms with Gasteiger partial charge in [0, 0.05) is 31.7 Å². The first-order chi connectivity index (χ1) is 6.86. The topological polar surface area (TPSA) is 15.3 Å². The van der Waals surface area contributed by atoms with Crippen molar-refractivity contribution >= 4 is 0 Å². The molecule has 1 aliphatic heterocycles. The van der Waals surface area contributed by atoms with Crippen LogP contribution in [-0.2, 0) is 0 Å². The van der Waals surface area contributed by atoms with Crippen molar-refractivity contribution in [2.45, 2.75) is 57.5 Å². The third kappa shape index (κ3) is 2.71. The molecular weight excluding hydrogens is 172 g/mol. The van der Waals surface area contributed by atoms with E-state index >= 15 is 0 Å². The van der Waals surface area contributed by atoms with E-state index in [2.05, 4.69) is 17.1 Å². The van der Waals surface area contributed by atoms with E-state index in [1.165, 1.54) is 58.2 Å². The van der Waals surface area contributed by atoms with Crippen LogP contribution < -0.4 is 5.32 Å². The molecule has 1 saturated carbocycles. The maximum absolute atomic E-state index is 3.52. The maximum Gasteiger partial charge on any atom is 0.0167 e. The second-order valence-corrected chi connectivity index (χ2v) is 5.00. The van der Waals surface area contributed by atoms with Crippen molar-refractivity contribution < 1.29 is 0 Å². The summed E-state index contributed by atoms with van der Waals surface area (Å²) in [5, 5.41) is 3.52. The normalized spacial score (nSPS) is 32.8. The summed E-state index contributed by atoms with van der Waals surface area (Å²) in [6.07, 6.45) is 8.77. The number of rotatable bonds is 1. The molecule has 14 heavy (non-hydrogen) atoms. The van der Waals surface area contributed by atoms with Crippen molar-refractivity contribution in [3.8, 4) is 0 Å². The second-order valence-electron chi connectivity index (χ2n) is 5.00. The van der Waals surface area contributed by atoms with Gasteiger partial charge in [-0.3, -0.25) is 4.90 Å². The number of piperazine rings is 1. The van der Waals surface area contributed by atoms with Crippen LogP contribution in [0.4, 0.5) is 0 Å². The molecule has 0 radical (unpaired) electrons. The molecule has 0 bridgehead atoms. The van der Waals surface area contributed by atoms with Crippen molar-refractivity contribution in [2.75, 3.05) is 19.6 Å². The van der Waals surface area contributed by atoms with Gasteiger partial charge in [-0.25, -0.2) is 0 Å². The van der Waals surface area contributed by atoms with Gasteiger partial charge in [-0.1, -0.05) is 25.7 Å². The molecule has 0 aromatic rings. The van der Waals surface area contributed by atoms with Crippen LogP contribution in [0.25, 0.3) is 0 Å². The summed E-state index contributed by atoms with van der Waals surface area (Å²) in [6, 6.07) is 1.61. The lowest BCUT2D eigenvalue weighted by Gasteiger charge is -2.37. The Bertz CT molecular complexity index is 162. The average Bonchev–Trinajstić information content (AvgIpc) is 2.45. The van der Waals surface area contributed by atoms with Gasteiger partial charge < -0.3 is 5.32 Å². The molecule has 1 N–H and O–H groups in total. The van der Waals surface area contributed by atoms with E-state index in [9.17, 15) is 0 Å². The largest absolute Gasteiger partial charge is 0.312 e. The molecule has 1 atom stereocenters. The van der Waals surface area contributed by atoms with Crippen LogP contribution in [-0.4, -0.2) is 36.6 Å². The summed E-state index contributed by atoms with van der Waals surface area (Å²) in [6.45, 7) is 6.04. The molecule has 0 amide bonds. The van der Waals surface area contributed by atoms with Gasteiger partial charge in [0.05, 0.1) is 0 Å². The van der Waals surface area contributed by atoms with Crippen LogP contribution in [0.2, 0.25) is 0 Å². The standard InChI is InChI=1S/C12H24N2/c1-11-10-14(9-8-13-11)12-6-4-2-3-5-7-12/h11-13H,2-10H2,1H3/t11-/m0/s1. The molecule has 2 fully saturated rings. The Morgan fingerprint density at radius 2 is 1.79 bits per heavy atom. The van der Waals surface area contributed by atoms with Crippen molar-refractivity contribution in [1.29, 1.82) is 0 Å². The van der Waals surface area contributed by atoms with Crippen LogP contribution in [0.3, 0.4) is 0 Å². The molecule has 1 saturated heterocycles. The fourth-order valence-corrected chi connectivity index (χ4v) is 2.92. The van der Waals surface area contributed by atoms with Crippen molar-refractivity contribution in [1.82, 2.24) is 10.2 Å². The minimum atomic E-state index is 0.701. The van der Waals surface area contributed by atoms with Gasteiger partial charge in [-0.05, 0) is 19.8 Å². The molecule has 0 unspecified atom stereocenters. The minimum Gasteiger partial charge on any atom is -0.312 e. The molecule has 2 rings (SSSR count). The lowest BCUT2D eigenvalue weighted by atomic mass is 10.1. The summed E-state index contributed by atoms with van der Waals surface area (Å²) in [5.74, 6) is 0. The summed E-state index contributed by atoms with van der Waals surface area (Å²) < 4.78 is 0. The van der Waals surface area contributed by atoms with E-state index in [0.29, 0.717) is 6.04 Å². The Hall–Kier alpha value is -0.0800. The summed E-state index contributed by atoms with van der Waals surface area (Å²) in [7, 11) is 0. The zero-order valence-electron chi connectivity index (χ0n) is 9.47. The molecule has 2 aliphatic rings. The lowest BCUT2D eigenvalue weighted by Crippen LogP contribution is -2.52. The SMILES string of the molecule is C[C@H]1CN(C2CCCCCC2)CCN1. The molecule has 0 spiro atoms. The Kier molecular flexibility index (Phi) is 3.82. The van der Waals surface area contributed by atoms with Gasteiger partial charge >= 0.3 is 0 Å². The van der Waals surface area contributed by atoms with Gasteiger partial charge in [-0.15, -0.1) is 0 Å². The third-order valence-corrected chi connectivity index (χ3v) is 3.74. The minimum absolute atomic E-state index is 0.701. The lowest BCUT2D eigenvalue weighted by molar-refractivity contribution is 0.136. The number of nitrogens with zero attached hydrogens (tertiary/aromatic N) is 1. The fourth-order valence-electron chi connectivity index (χ4n) is 2.92. The van der Waals surface area contributed by atoms with Crippen molar-refractivity contribution in [3.05, 3.63) is 0 Å². The second kappa shape index (κ2) is 5.13. The summed E-state index contributed by atoms with van der Waals surface area (Å²) in [4.78, 5) is 2.73. The highest BCUT2D eigenvalue weighted by Crippen LogP contribution is 2.22. The third-order valence-electron chi connectivity index (χ3n) is 3.74. The molecule has 2 heteroatoms. The molecule has 2 nitrogen and oxygen atoms in total. The van der Waals surface area contributed by atoms with Crippen LogP contribution in [0, 0.1) is 0 Å².